The molecule has 0 aromatic heterocycles. The molecule has 130 valence electrons. The summed E-state index contributed by atoms with van der Waals surface area (Å²) in [5.41, 5.74) is 0. The quantitative estimate of drug-likeness (QED) is 0.568. The molecule has 0 aromatic carbocycles. The van der Waals surface area contributed by atoms with Crippen LogP contribution in [0.4, 0.5) is 0 Å². The van der Waals surface area contributed by atoms with Crippen molar-refractivity contribution in [2.75, 3.05) is 34.0 Å². The molecule has 0 amide bonds. The van der Waals surface area contributed by atoms with Crippen LogP contribution in [0.3, 0.4) is 0 Å². The second-order valence-electron chi connectivity index (χ2n) is 5.39. The largest absolute Gasteiger partial charge is 0.501 e. The predicted molar refractivity (Wildman–Crippen MR) is 91.8 cm³/mol. The molecule has 0 heterocycles. The van der Waals surface area contributed by atoms with Crippen LogP contribution in [-0.4, -0.2) is 51.4 Å². The summed E-state index contributed by atoms with van der Waals surface area (Å²) in [7, 11) is -0.657. The number of hydrogen-bond donors (Lipinski definition) is 0. The number of rotatable bonds is 10. The third-order valence-electron chi connectivity index (χ3n) is 2.73. The van der Waals surface area contributed by atoms with Gasteiger partial charge in [0, 0.05) is 40.1 Å². The van der Waals surface area contributed by atoms with E-state index in [9.17, 15) is 0 Å². The molecule has 0 N–H and O–H groups in total. The van der Waals surface area contributed by atoms with Crippen molar-refractivity contribution in [3.63, 3.8) is 0 Å². The topological polar surface area (TPSA) is 46.2 Å². The summed E-state index contributed by atoms with van der Waals surface area (Å²) in [6.45, 7) is 16.3. The summed E-state index contributed by atoms with van der Waals surface area (Å²) >= 11 is 0. The Morgan fingerprint density at radius 1 is 0.762 bits per heavy atom. The Labute approximate surface area is 133 Å². The van der Waals surface area contributed by atoms with Gasteiger partial charge in [0.2, 0.25) is 0 Å². The minimum absolute atomic E-state index is 0.548. The van der Waals surface area contributed by atoms with E-state index in [0.29, 0.717) is 25.7 Å². The lowest BCUT2D eigenvalue weighted by atomic mass is 10.3. The minimum atomic E-state index is -2.36. The summed E-state index contributed by atoms with van der Waals surface area (Å²) in [6, 6.07) is 0.905. The molecule has 5 nitrogen and oxygen atoms in total. The molecule has 0 aliphatic heterocycles. The molecule has 0 bridgehead atoms. The van der Waals surface area contributed by atoms with Gasteiger partial charge in [0.05, 0.1) is 0 Å². The van der Waals surface area contributed by atoms with E-state index in [1.54, 1.807) is 14.2 Å². The van der Waals surface area contributed by atoms with Crippen molar-refractivity contribution in [3.05, 3.63) is 0 Å². The fourth-order valence-electron chi connectivity index (χ4n) is 1.54. The van der Waals surface area contributed by atoms with Crippen LogP contribution in [0.1, 0.15) is 34.6 Å². The highest BCUT2D eigenvalue weighted by Crippen LogP contribution is 2.21. The van der Waals surface area contributed by atoms with Gasteiger partial charge in [-0.3, -0.25) is 0 Å². The average molecular weight is 341 g/mol. The molecular formula is C14H36O5Si2. The van der Waals surface area contributed by atoms with E-state index in [0.717, 1.165) is 6.04 Å². The Balaban J connectivity index is 0. The molecule has 0 radical (unpaired) electrons. The summed E-state index contributed by atoms with van der Waals surface area (Å²) in [6.07, 6.45) is 0. The lowest BCUT2D eigenvalue weighted by molar-refractivity contribution is 0.0683. The fraction of sp³-hybridized carbons (Fsp3) is 1.00. The first-order valence-electron chi connectivity index (χ1n) is 7.74. The van der Waals surface area contributed by atoms with Gasteiger partial charge in [0.15, 0.2) is 0 Å². The molecule has 0 aliphatic rings. The number of hydrogen-bond acceptors (Lipinski definition) is 5. The molecule has 0 spiro atoms. The molecule has 21 heavy (non-hydrogen) atoms. The first kappa shape index (κ1) is 23.5. The van der Waals surface area contributed by atoms with Crippen molar-refractivity contribution in [1.82, 2.24) is 0 Å². The zero-order valence-corrected chi connectivity index (χ0v) is 17.4. The van der Waals surface area contributed by atoms with Gasteiger partial charge in [-0.25, -0.2) is 0 Å². The maximum atomic E-state index is 5.72. The summed E-state index contributed by atoms with van der Waals surface area (Å²) in [5.74, 6) is 0.548. The molecule has 0 rings (SSSR count). The van der Waals surface area contributed by atoms with Crippen LogP contribution in [0.15, 0.2) is 0 Å². The van der Waals surface area contributed by atoms with E-state index in [2.05, 4.69) is 13.8 Å². The Morgan fingerprint density at radius 3 is 1.24 bits per heavy atom. The van der Waals surface area contributed by atoms with Gasteiger partial charge in [-0.1, -0.05) is 13.8 Å². The molecule has 0 saturated carbocycles. The highest BCUT2D eigenvalue weighted by molar-refractivity contribution is 6.64. The van der Waals surface area contributed by atoms with Gasteiger partial charge >= 0.3 is 17.4 Å². The Kier molecular flexibility index (Phi) is 14.3. The molecule has 0 saturated heterocycles. The fourth-order valence-corrected chi connectivity index (χ4v) is 4.63. The Morgan fingerprint density at radius 2 is 1.10 bits per heavy atom. The summed E-state index contributed by atoms with van der Waals surface area (Å²) < 4.78 is 27.2. The van der Waals surface area contributed by atoms with E-state index in [-0.39, 0.29) is 0 Å². The molecular weight excluding hydrogens is 304 g/mol. The van der Waals surface area contributed by atoms with E-state index >= 15 is 0 Å². The smallest absolute Gasteiger partial charge is 0.398 e. The molecule has 0 fully saturated rings. The van der Waals surface area contributed by atoms with E-state index < -0.39 is 17.4 Å². The van der Waals surface area contributed by atoms with Gasteiger partial charge in [-0.15, -0.1) is 0 Å². The van der Waals surface area contributed by atoms with E-state index in [1.807, 2.05) is 33.9 Å². The van der Waals surface area contributed by atoms with E-state index in [4.69, 9.17) is 22.1 Å². The van der Waals surface area contributed by atoms with Crippen molar-refractivity contribution in [2.45, 2.75) is 53.8 Å². The standard InChI is InChI=1S/C10H24O3Si.C4H12O2Si/c1-6-11-14(12-7-2,13-8-3)9-10(4)5;1-5-7(3,4)6-2/h10H,6-9H2,1-5H3;1-4H3. The maximum absolute atomic E-state index is 5.72. The third-order valence-corrected chi connectivity index (χ3v) is 8.20. The van der Waals surface area contributed by atoms with Crippen molar-refractivity contribution < 1.29 is 22.1 Å². The maximum Gasteiger partial charge on any atom is 0.501 e. The van der Waals surface area contributed by atoms with Gasteiger partial charge < -0.3 is 22.1 Å². The third kappa shape index (κ3) is 12.5. The van der Waals surface area contributed by atoms with Gasteiger partial charge in [-0.2, -0.15) is 0 Å². The van der Waals surface area contributed by atoms with Crippen LogP contribution in [-0.2, 0) is 22.1 Å². The molecule has 0 aliphatic carbocycles. The second kappa shape index (κ2) is 12.7. The Bertz CT molecular complexity index is 214. The lowest BCUT2D eigenvalue weighted by Gasteiger charge is -2.29. The van der Waals surface area contributed by atoms with Gasteiger partial charge in [0.1, 0.15) is 0 Å². The van der Waals surface area contributed by atoms with Gasteiger partial charge in [0.25, 0.3) is 0 Å². The first-order chi connectivity index (χ1) is 9.72. The monoisotopic (exact) mass is 340 g/mol. The van der Waals surface area contributed by atoms with Crippen LogP contribution >= 0.6 is 0 Å². The predicted octanol–water partition coefficient (Wildman–Crippen LogP) is 3.67. The summed E-state index contributed by atoms with van der Waals surface area (Å²) in [4.78, 5) is 0. The van der Waals surface area contributed by atoms with Crippen molar-refractivity contribution in [3.8, 4) is 0 Å². The highest BCUT2D eigenvalue weighted by Gasteiger charge is 2.40. The van der Waals surface area contributed by atoms with Crippen LogP contribution in [0.25, 0.3) is 0 Å². The van der Waals surface area contributed by atoms with Crippen molar-refractivity contribution in [2.24, 2.45) is 5.92 Å². The van der Waals surface area contributed by atoms with Crippen molar-refractivity contribution in [1.29, 1.82) is 0 Å². The van der Waals surface area contributed by atoms with Crippen molar-refractivity contribution >= 4 is 17.4 Å². The van der Waals surface area contributed by atoms with Crippen LogP contribution in [0, 0.1) is 5.92 Å². The van der Waals surface area contributed by atoms with Crippen LogP contribution in [0.2, 0.25) is 19.1 Å². The zero-order chi connectivity index (χ0) is 16.9. The SMILES string of the molecule is CCO[Si](CC(C)C)(OCC)OCC.CO[Si](C)(C)OC. The highest BCUT2D eigenvalue weighted by atomic mass is 28.4. The van der Waals surface area contributed by atoms with E-state index in [1.165, 1.54) is 0 Å². The minimum Gasteiger partial charge on any atom is -0.398 e. The van der Waals surface area contributed by atoms with Gasteiger partial charge in [-0.05, 0) is 39.8 Å². The van der Waals surface area contributed by atoms with Crippen LogP contribution < -0.4 is 0 Å². The summed E-state index contributed by atoms with van der Waals surface area (Å²) in [5, 5.41) is 0. The average Bonchev–Trinajstić information content (AvgIpc) is 2.39. The normalized spacial score (nSPS) is 12.3. The molecule has 0 atom stereocenters. The molecule has 0 unspecified atom stereocenters. The van der Waals surface area contributed by atoms with Crippen LogP contribution in [0.5, 0.6) is 0 Å². The zero-order valence-electron chi connectivity index (χ0n) is 15.4. The Hall–Kier alpha value is 0.234. The molecule has 7 heteroatoms. The second-order valence-corrected chi connectivity index (χ2v) is 11.6. The molecule has 0 aromatic rings. The lowest BCUT2D eigenvalue weighted by Crippen LogP contribution is -2.46. The first-order valence-corrected chi connectivity index (χ1v) is 12.5.